The van der Waals surface area contributed by atoms with Crippen molar-refractivity contribution < 1.29 is 0 Å². The zero-order valence-corrected chi connectivity index (χ0v) is 9.15. The number of hydrogen-bond donors (Lipinski definition) is 2. The molecule has 0 amide bonds. The van der Waals surface area contributed by atoms with Crippen LogP contribution in [-0.4, -0.2) is 19.1 Å². The fraction of sp³-hybridized carbons (Fsp3) is 0.538. The number of rotatable bonds is 6. The zero-order chi connectivity index (χ0) is 10.5. The highest BCUT2D eigenvalue weighted by molar-refractivity contribution is 5.15. The highest BCUT2D eigenvalue weighted by atomic mass is 14.9. The van der Waals surface area contributed by atoms with Gasteiger partial charge in [-0.3, -0.25) is 0 Å². The van der Waals surface area contributed by atoms with E-state index in [0.717, 1.165) is 25.4 Å². The van der Waals surface area contributed by atoms with E-state index in [1.807, 2.05) is 6.07 Å². The van der Waals surface area contributed by atoms with Crippen LogP contribution in [0.5, 0.6) is 0 Å². The van der Waals surface area contributed by atoms with E-state index in [4.69, 9.17) is 5.73 Å². The summed E-state index contributed by atoms with van der Waals surface area (Å²) < 4.78 is 0. The lowest BCUT2D eigenvalue weighted by Gasteiger charge is -2.12. The van der Waals surface area contributed by atoms with E-state index >= 15 is 0 Å². The van der Waals surface area contributed by atoms with Crippen molar-refractivity contribution in [2.24, 2.45) is 11.7 Å². The standard InChI is InChI=1S/C13H20N2/c14-13(10-15-9-12-6-7-12)8-11-4-2-1-3-5-11/h1-5,12-13,15H,6-10,14H2. The van der Waals surface area contributed by atoms with Crippen LogP contribution in [0.2, 0.25) is 0 Å². The number of nitrogens with one attached hydrogen (secondary N) is 1. The summed E-state index contributed by atoms with van der Waals surface area (Å²) in [4.78, 5) is 0. The maximum atomic E-state index is 6.05. The third kappa shape index (κ3) is 4.02. The molecule has 0 aliphatic heterocycles. The average Bonchev–Trinajstić information content (AvgIpc) is 3.03. The molecule has 0 heterocycles. The molecule has 0 saturated heterocycles. The Morgan fingerprint density at radius 2 is 2.00 bits per heavy atom. The molecule has 2 heteroatoms. The monoisotopic (exact) mass is 204 g/mol. The molecule has 0 radical (unpaired) electrons. The fourth-order valence-corrected chi connectivity index (χ4v) is 1.78. The van der Waals surface area contributed by atoms with Gasteiger partial charge >= 0.3 is 0 Å². The van der Waals surface area contributed by atoms with E-state index in [0.29, 0.717) is 0 Å². The molecule has 1 unspecified atom stereocenters. The molecule has 1 aromatic carbocycles. The molecule has 1 fully saturated rings. The lowest BCUT2D eigenvalue weighted by Crippen LogP contribution is -2.36. The molecular weight excluding hydrogens is 184 g/mol. The largest absolute Gasteiger partial charge is 0.326 e. The van der Waals surface area contributed by atoms with Crippen LogP contribution in [-0.2, 0) is 6.42 Å². The van der Waals surface area contributed by atoms with Crippen LogP contribution in [0.4, 0.5) is 0 Å². The number of nitrogens with two attached hydrogens (primary N) is 1. The normalized spacial score (nSPS) is 17.7. The van der Waals surface area contributed by atoms with Crippen molar-refractivity contribution >= 4 is 0 Å². The first-order valence-corrected chi connectivity index (χ1v) is 5.85. The summed E-state index contributed by atoms with van der Waals surface area (Å²) in [6.07, 6.45) is 3.78. The van der Waals surface area contributed by atoms with E-state index in [9.17, 15) is 0 Å². The Morgan fingerprint density at radius 1 is 1.27 bits per heavy atom. The molecular formula is C13H20N2. The Bertz CT molecular complexity index is 280. The highest BCUT2D eigenvalue weighted by Gasteiger charge is 2.20. The van der Waals surface area contributed by atoms with Crippen LogP contribution in [0.3, 0.4) is 0 Å². The third-order valence-electron chi connectivity index (χ3n) is 2.88. The Labute approximate surface area is 91.9 Å². The molecule has 1 saturated carbocycles. The fourth-order valence-electron chi connectivity index (χ4n) is 1.78. The maximum Gasteiger partial charge on any atom is 0.0206 e. The van der Waals surface area contributed by atoms with Crippen molar-refractivity contribution in [2.45, 2.75) is 25.3 Å². The van der Waals surface area contributed by atoms with Gasteiger partial charge in [0.25, 0.3) is 0 Å². The minimum atomic E-state index is 0.242. The maximum absolute atomic E-state index is 6.05. The van der Waals surface area contributed by atoms with E-state index in [-0.39, 0.29) is 6.04 Å². The second-order valence-corrected chi connectivity index (χ2v) is 4.55. The minimum Gasteiger partial charge on any atom is -0.326 e. The van der Waals surface area contributed by atoms with Crippen molar-refractivity contribution in [3.63, 3.8) is 0 Å². The first-order valence-electron chi connectivity index (χ1n) is 5.85. The van der Waals surface area contributed by atoms with E-state index in [1.165, 1.54) is 18.4 Å². The molecule has 3 N–H and O–H groups in total. The van der Waals surface area contributed by atoms with Gasteiger partial charge in [-0.15, -0.1) is 0 Å². The summed E-state index contributed by atoms with van der Waals surface area (Å²) in [5, 5.41) is 3.44. The van der Waals surface area contributed by atoms with Gasteiger partial charge in [-0.1, -0.05) is 30.3 Å². The minimum absolute atomic E-state index is 0.242. The molecule has 82 valence electrons. The molecule has 1 aliphatic rings. The molecule has 1 aliphatic carbocycles. The summed E-state index contributed by atoms with van der Waals surface area (Å²) in [5.74, 6) is 0.939. The Balaban J connectivity index is 1.65. The van der Waals surface area contributed by atoms with Gasteiger partial charge in [-0.25, -0.2) is 0 Å². The lowest BCUT2D eigenvalue weighted by atomic mass is 10.1. The molecule has 15 heavy (non-hydrogen) atoms. The van der Waals surface area contributed by atoms with Crippen LogP contribution in [0, 0.1) is 5.92 Å². The third-order valence-corrected chi connectivity index (χ3v) is 2.88. The Morgan fingerprint density at radius 3 is 2.67 bits per heavy atom. The molecule has 1 atom stereocenters. The van der Waals surface area contributed by atoms with Gasteiger partial charge in [-0.2, -0.15) is 0 Å². The van der Waals surface area contributed by atoms with Gasteiger partial charge in [0.05, 0.1) is 0 Å². The van der Waals surface area contributed by atoms with Crippen molar-refractivity contribution in [3.8, 4) is 0 Å². The van der Waals surface area contributed by atoms with Gasteiger partial charge in [0.1, 0.15) is 0 Å². The van der Waals surface area contributed by atoms with Crippen molar-refractivity contribution in [1.29, 1.82) is 0 Å². The van der Waals surface area contributed by atoms with E-state index in [1.54, 1.807) is 0 Å². The highest BCUT2D eigenvalue weighted by Crippen LogP contribution is 2.27. The number of hydrogen-bond acceptors (Lipinski definition) is 2. The molecule has 0 aromatic heterocycles. The van der Waals surface area contributed by atoms with Gasteiger partial charge in [0.2, 0.25) is 0 Å². The Kier molecular flexibility index (Phi) is 3.75. The molecule has 1 aromatic rings. The predicted octanol–water partition coefficient (Wildman–Crippen LogP) is 1.56. The second kappa shape index (κ2) is 5.29. The smallest absolute Gasteiger partial charge is 0.0206 e. The Hall–Kier alpha value is -0.860. The lowest BCUT2D eigenvalue weighted by molar-refractivity contribution is 0.555. The topological polar surface area (TPSA) is 38.0 Å². The summed E-state index contributed by atoms with van der Waals surface area (Å²) in [7, 11) is 0. The van der Waals surface area contributed by atoms with Crippen LogP contribution >= 0.6 is 0 Å². The second-order valence-electron chi connectivity index (χ2n) is 4.55. The van der Waals surface area contributed by atoms with Gasteiger partial charge in [0, 0.05) is 12.6 Å². The van der Waals surface area contributed by atoms with Crippen molar-refractivity contribution in [3.05, 3.63) is 35.9 Å². The zero-order valence-electron chi connectivity index (χ0n) is 9.15. The number of benzene rings is 1. The van der Waals surface area contributed by atoms with E-state index < -0.39 is 0 Å². The summed E-state index contributed by atoms with van der Waals surface area (Å²) in [6, 6.07) is 10.7. The predicted molar refractivity (Wildman–Crippen MR) is 63.7 cm³/mol. The summed E-state index contributed by atoms with van der Waals surface area (Å²) >= 11 is 0. The van der Waals surface area contributed by atoms with Gasteiger partial charge in [-0.05, 0) is 37.3 Å². The first-order chi connectivity index (χ1) is 7.34. The molecule has 2 nitrogen and oxygen atoms in total. The SMILES string of the molecule is NC(CNCC1CC1)Cc1ccccc1. The van der Waals surface area contributed by atoms with E-state index in [2.05, 4.69) is 29.6 Å². The van der Waals surface area contributed by atoms with Crippen molar-refractivity contribution in [1.82, 2.24) is 5.32 Å². The first kappa shape index (κ1) is 10.7. The molecule has 2 rings (SSSR count). The molecule has 0 spiro atoms. The molecule has 0 bridgehead atoms. The van der Waals surface area contributed by atoms with Crippen LogP contribution in [0.25, 0.3) is 0 Å². The van der Waals surface area contributed by atoms with Crippen LogP contribution in [0.1, 0.15) is 18.4 Å². The average molecular weight is 204 g/mol. The summed E-state index contributed by atoms with van der Waals surface area (Å²) in [6.45, 7) is 2.09. The quantitative estimate of drug-likeness (QED) is 0.738. The van der Waals surface area contributed by atoms with Crippen molar-refractivity contribution in [2.75, 3.05) is 13.1 Å². The van der Waals surface area contributed by atoms with Crippen LogP contribution < -0.4 is 11.1 Å². The summed E-state index contributed by atoms with van der Waals surface area (Å²) in [5.41, 5.74) is 7.38. The van der Waals surface area contributed by atoms with Gasteiger partial charge < -0.3 is 11.1 Å². The van der Waals surface area contributed by atoms with Gasteiger partial charge in [0.15, 0.2) is 0 Å². The van der Waals surface area contributed by atoms with Crippen LogP contribution in [0.15, 0.2) is 30.3 Å².